The highest BCUT2D eigenvalue weighted by Gasteiger charge is 2.30. The molecule has 2 aromatic carbocycles. The van der Waals surface area contributed by atoms with E-state index in [2.05, 4.69) is 59.0 Å². The van der Waals surface area contributed by atoms with Gasteiger partial charge in [-0.2, -0.15) is 0 Å². The van der Waals surface area contributed by atoms with Crippen LogP contribution in [0.3, 0.4) is 0 Å². The highest BCUT2D eigenvalue weighted by molar-refractivity contribution is 5.95. The molecule has 31 heavy (non-hydrogen) atoms. The Morgan fingerprint density at radius 2 is 1.61 bits per heavy atom. The van der Waals surface area contributed by atoms with Crippen LogP contribution in [0, 0.1) is 5.92 Å². The zero-order valence-electron chi connectivity index (χ0n) is 20.4. The second-order valence-electron chi connectivity index (χ2n) is 9.97. The zero-order chi connectivity index (χ0) is 23.4. The van der Waals surface area contributed by atoms with Crippen LogP contribution in [0.5, 0.6) is 11.5 Å². The monoisotopic (exact) mass is 425 g/mol. The van der Waals surface area contributed by atoms with E-state index in [-0.39, 0.29) is 28.4 Å². The first kappa shape index (κ1) is 24.8. The first-order valence-corrected chi connectivity index (χ1v) is 11.3. The van der Waals surface area contributed by atoms with Crippen molar-refractivity contribution in [2.24, 2.45) is 5.92 Å². The van der Waals surface area contributed by atoms with Gasteiger partial charge in [-0.3, -0.25) is 4.79 Å². The summed E-state index contributed by atoms with van der Waals surface area (Å²) >= 11 is 0. The van der Waals surface area contributed by atoms with Crippen molar-refractivity contribution in [3.05, 3.63) is 53.6 Å². The largest absolute Gasteiger partial charge is 0.506 e. The number of aromatic hydroxyl groups is 1. The highest BCUT2D eigenvalue weighted by Crippen LogP contribution is 2.39. The number of anilines is 1. The van der Waals surface area contributed by atoms with Crippen molar-refractivity contribution in [2.75, 3.05) is 5.32 Å². The van der Waals surface area contributed by atoms with Gasteiger partial charge in [0.2, 0.25) is 0 Å². The number of rotatable bonds is 9. The molecular formula is C27H39NO3. The van der Waals surface area contributed by atoms with Crippen LogP contribution in [0.4, 0.5) is 5.69 Å². The number of hydrogen-bond acceptors (Lipinski definition) is 3. The molecule has 0 radical (unpaired) electrons. The molecule has 0 heterocycles. The molecular weight excluding hydrogens is 386 g/mol. The fourth-order valence-electron chi connectivity index (χ4n) is 3.39. The third kappa shape index (κ3) is 5.81. The maximum atomic E-state index is 13.1. The number of benzene rings is 2. The quantitative estimate of drug-likeness (QED) is 0.434. The first-order chi connectivity index (χ1) is 14.4. The van der Waals surface area contributed by atoms with E-state index in [0.29, 0.717) is 5.69 Å². The number of carbonyl (C=O) groups is 1. The Morgan fingerprint density at radius 1 is 1.00 bits per heavy atom. The lowest BCUT2D eigenvalue weighted by atomic mass is 9.76. The Bertz CT molecular complexity index is 899. The fraction of sp³-hybridized carbons (Fsp3) is 0.519. The summed E-state index contributed by atoms with van der Waals surface area (Å²) in [5.41, 5.74) is 2.76. The molecule has 1 amide bonds. The highest BCUT2D eigenvalue weighted by atomic mass is 16.5. The molecule has 2 N–H and O–H groups in total. The van der Waals surface area contributed by atoms with Gasteiger partial charge in [-0.25, -0.2) is 0 Å². The fourth-order valence-corrected chi connectivity index (χ4v) is 3.39. The molecule has 1 unspecified atom stereocenters. The van der Waals surface area contributed by atoms with Gasteiger partial charge in [-0.05, 0) is 53.4 Å². The van der Waals surface area contributed by atoms with Gasteiger partial charge in [-0.15, -0.1) is 0 Å². The molecule has 170 valence electrons. The van der Waals surface area contributed by atoms with Crippen molar-refractivity contribution in [3.63, 3.8) is 0 Å². The minimum Gasteiger partial charge on any atom is -0.506 e. The van der Waals surface area contributed by atoms with E-state index >= 15 is 0 Å². The van der Waals surface area contributed by atoms with Crippen LogP contribution in [0.15, 0.2) is 42.5 Å². The van der Waals surface area contributed by atoms with Gasteiger partial charge >= 0.3 is 0 Å². The van der Waals surface area contributed by atoms with Crippen LogP contribution in [0.2, 0.25) is 0 Å². The lowest BCUT2D eigenvalue weighted by Gasteiger charge is -2.32. The van der Waals surface area contributed by atoms with Crippen molar-refractivity contribution < 1.29 is 14.6 Å². The van der Waals surface area contributed by atoms with Crippen LogP contribution < -0.4 is 10.1 Å². The topological polar surface area (TPSA) is 58.6 Å². The van der Waals surface area contributed by atoms with Crippen molar-refractivity contribution in [1.82, 2.24) is 0 Å². The number of nitrogens with one attached hydrogen (secondary N) is 1. The van der Waals surface area contributed by atoms with E-state index < -0.39 is 6.10 Å². The van der Waals surface area contributed by atoms with Gasteiger partial charge in [0.15, 0.2) is 6.10 Å². The molecule has 0 aliphatic heterocycles. The van der Waals surface area contributed by atoms with Gasteiger partial charge in [-0.1, -0.05) is 79.7 Å². The Kier molecular flexibility index (Phi) is 7.80. The van der Waals surface area contributed by atoms with Crippen LogP contribution in [0.1, 0.15) is 79.4 Å². The standard InChI is InChI=1S/C27H39NO3/c1-9-26(5,6)19-15-16-23(20(17-19)27(7,8)10-2)31-24(18(3)4)25(30)28-21-13-11-12-14-22(21)29/h11-18,24,29H,9-10H2,1-8H3,(H,28,30). The summed E-state index contributed by atoms with van der Waals surface area (Å²) in [6.07, 6.45) is 1.31. The van der Waals surface area contributed by atoms with E-state index in [1.807, 2.05) is 19.9 Å². The lowest BCUT2D eigenvalue weighted by molar-refractivity contribution is -0.124. The molecule has 0 aliphatic rings. The Morgan fingerprint density at radius 3 is 2.16 bits per heavy atom. The van der Waals surface area contributed by atoms with Crippen molar-refractivity contribution in [2.45, 2.75) is 85.2 Å². The summed E-state index contributed by atoms with van der Waals surface area (Å²) in [4.78, 5) is 13.1. The SMILES string of the molecule is CCC(C)(C)c1ccc(OC(C(=O)Nc2ccccc2O)C(C)C)c(C(C)(C)CC)c1. The minimum atomic E-state index is -0.684. The molecule has 2 aromatic rings. The molecule has 4 heteroatoms. The van der Waals surface area contributed by atoms with Gasteiger partial charge < -0.3 is 15.2 Å². The zero-order valence-corrected chi connectivity index (χ0v) is 20.4. The Balaban J connectivity index is 2.42. The number of para-hydroxylation sites is 2. The Hall–Kier alpha value is -2.49. The van der Waals surface area contributed by atoms with Crippen LogP contribution in [-0.2, 0) is 15.6 Å². The summed E-state index contributed by atoms with van der Waals surface area (Å²) in [7, 11) is 0. The van der Waals surface area contributed by atoms with Crippen LogP contribution in [0.25, 0.3) is 0 Å². The number of ether oxygens (including phenoxy) is 1. The number of hydrogen-bond donors (Lipinski definition) is 2. The average molecular weight is 426 g/mol. The summed E-state index contributed by atoms with van der Waals surface area (Å²) in [5.74, 6) is 0.468. The van der Waals surface area contributed by atoms with Crippen LogP contribution in [-0.4, -0.2) is 17.1 Å². The van der Waals surface area contributed by atoms with Gasteiger partial charge in [0.1, 0.15) is 11.5 Å². The van der Waals surface area contributed by atoms with Crippen molar-refractivity contribution in [3.8, 4) is 11.5 Å². The molecule has 4 nitrogen and oxygen atoms in total. The maximum Gasteiger partial charge on any atom is 0.265 e. The van der Waals surface area contributed by atoms with E-state index in [1.54, 1.807) is 24.3 Å². The molecule has 2 rings (SSSR count). The smallest absolute Gasteiger partial charge is 0.265 e. The molecule has 0 bridgehead atoms. The first-order valence-electron chi connectivity index (χ1n) is 11.3. The molecule has 0 fully saturated rings. The summed E-state index contributed by atoms with van der Waals surface area (Å²) in [6.45, 7) is 17.2. The number of phenols is 1. The van der Waals surface area contributed by atoms with E-state index in [1.165, 1.54) is 5.56 Å². The molecule has 0 saturated heterocycles. The van der Waals surface area contributed by atoms with Crippen LogP contribution >= 0.6 is 0 Å². The molecule has 0 saturated carbocycles. The summed E-state index contributed by atoms with van der Waals surface area (Å²) < 4.78 is 6.38. The van der Waals surface area contributed by atoms with Gasteiger partial charge in [0.05, 0.1) is 5.69 Å². The van der Waals surface area contributed by atoms with Gasteiger partial charge in [0, 0.05) is 5.56 Å². The molecule has 0 aromatic heterocycles. The van der Waals surface area contributed by atoms with E-state index in [0.717, 1.165) is 24.2 Å². The number of amides is 1. The summed E-state index contributed by atoms with van der Waals surface area (Å²) in [5, 5.41) is 12.8. The molecule has 0 spiro atoms. The molecule has 1 atom stereocenters. The normalized spacial score (nSPS) is 13.2. The third-order valence-corrected chi connectivity index (χ3v) is 6.54. The average Bonchev–Trinajstić information content (AvgIpc) is 2.73. The molecule has 0 aliphatic carbocycles. The summed E-state index contributed by atoms with van der Waals surface area (Å²) in [6, 6.07) is 13.1. The maximum absolute atomic E-state index is 13.1. The van der Waals surface area contributed by atoms with Crippen molar-refractivity contribution >= 4 is 11.6 Å². The predicted octanol–water partition coefficient (Wildman–Crippen LogP) is 6.81. The Labute approximate surface area is 188 Å². The number of carbonyl (C=O) groups excluding carboxylic acids is 1. The third-order valence-electron chi connectivity index (χ3n) is 6.54. The number of phenolic OH excluding ortho intramolecular Hbond substituents is 1. The van der Waals surface area contributed by atoms with Gasteiger partial charge in [0.25, 0.3) is 5.91 Å². The predicted molar refractivity (Wildman–Crippen MR) is 129 cm³/mol. The van der Waals surface area contributed by atoms with Crippen molar-refractivity contribution in [1.29, 1.82) is 0 Å². The lowest BCUT2D eigenvalue weighted by Crippen LogP contribution is -2.38. The second kappa shape index (κ2) is 9.76. The van der Waals surface area contributed by atoms with E-state index in [4.69, 9.17) is 4.74 Å². The second-order valence-corrected chi connectivity index (χ2v) is 9.97. The van der Waals surface area contributed by atoms with E-state index in [9.17, 15) is 9.90 Å². The minimum absolute atomic E-state index is 0.0392.